The van der Waals surface area contributed by atoms with Gasteiger partial charge in [-0.3, -0.25) is 4.79 Å². The van der Waals surface area contributed by atoms with Gasteiger partial charge in [0.2, 0.25) is 5.91 Å². The number of anilines is 2. The first-order chi connectivity index (χ1) is 12.2. The maximum atomic E-state index is 12.6. The van der Waals surface area contributed by atoms with E-state index >= 15 is 0 Å². The molecule has 142 valence electrons. The lowest BCUT2D eigenvalue weighted by molar-refractivity contribution is -0.118. The number of rotatable bonds is 7. The standard InChI is InChI=1S/C19H28N4O3/c1-5-11-23(16-12-14(13-20)8-9-15(16)21)17(24)7-6-10-22-18(25)26-19(2,3)4/h8-9,12H,5-7,10-11,21H2,1-4H3,(H,22,25). The zero-order valence-corrected chi connectivity index (χ0v) is 16.0. The Kier molecular flexibility index (Phi) is 7.91. The number of benzene rings is 1. The molecule has 0 bridgehead atoms. The molecule has 0 aliphatic rings. The van der Waals surface area contributed by atoms with Crippen LogP contribution in [0.1, 0.15) is 52.5 Å². The van der Waals surface area contributed by atoms with E-state index in [9.17, 15) is 9.59 Å². The highest BCUT2D eigenvalue weighted by atomic mass is 16.6. The minimum Gasteiger partial charge on any atom is -0.444 e. The van der Waals surface area contributed by atoms with E-state index in [2.05, 4.69) is 11.4 Å². The normalized spacial score (nSPS) is 10.7. The van der Waals surface area contributed by atoms with Crippen LogP contribution in [0.2, 0.25) is 0 Å². The maximum absolute atomic E-state index is 12.6. The molecule has 0 radical (unpaired) electrons. The molecular formula is C19H28N4O3. The van der Waals surface area contributed by atoms with Gasteiger partial charge in [-0.2, -0.15) is 5.26 Å². The van der Waals surface area contributed by atoms with Crippen LogP contribution >= 0.6 is 0 Å². The first-order valence-corrected chi connectivity index (χ1v) is 8.74. The molecule has 3 N–H and O–H groups in total. The Labute approximate surface area is 155 Å². The average molecular weight is 360 g/mol. The number of ether oxygens (including phenoxy) is 1. The molecule has 0 saturated carbocycles. The molecule has 7 nitrogen and oxygen atoms in total. The van der Waals surface area contributed by atoms with Crippen molar-refractivity contribution >= 4 is 23.4 Å². The minimum absolute atomic E-state index is 0.0976. The highest BCUT2D eigenvalue weighted by Gasteiger charge is 2.18. The van der Waals surface area contributed by atoms with Crippen molar-refractivity contribution in [3.8, 4) is 6.07 Å². The fourth-order valence-corrected chi connectivity index (χ4v) is 2.33. The van der Waals surface area contributed by atoms with Crippen LogP contribution in [0.5, 0.6) is 0 Å². The minimum atomic E-state index is -0.554. The number of nitrogen functional groups attached to an aromatic ring is 1. The van der Waals surface area contributed by atoms with Gasteiger partial charge in [-0.05, 0) is 51.8 Å². The molecule has 1 aromatic carbocycles. The first-order valence-electron chi connectivity index (χ1n) is 8.74. The number of nitrogens with zero attached hydrogens (tertiary/aromatic N) is 2. The third kappa shape index (κ3) is 7.01. The van der Waals surface area contributed by atoms with E-state index in [1.807, 2.05) is 6.92 Å². The van der Waals surface area contributed by atoms with Gasteiger partial charge in [0, 0.05) is 19.5 Å². The van der Waals surface area contributed by atoms with E-state index in [1.165, 1.54) is 0 Å². The Morgan fingerprint density at radius 2 is 2.04 bits per heavy atom. The third-order valence-electron chi connectivity index (χ3n) is 3.43. The number of nitrogens with one attached hydrogen (secondary N) is 1. The molecule has 0 aliphatic carbocycles. The van der Waals surface area contributed by atoms with Crippen molar-refractivity contribution in [2.75, 3.05) is 23.7 Å². The van der Waals surface area contributed by atoms with Crippen LogP contribution in [-0.4, -0.2) is 30.7 Å². The summed E-state index contributed by atoms with van der Waals surface area (Å²) in [6.45, 7) is 8.19. The lowest BCUT2D eigenvalue weighted by Crippen LogP contribution is -2.35. The van der Waals surface area contributed by atoms with Gasteiger partial charge in [0.1, 0.15) is 5.60 Å². The second-order valence-electron chi connectivity index (χ2n) is 6.96. The first kappa shape index (κ1) is 21.3. The van der Waals surface area contributed by atoms with Crippen molar-refractivity contribution < 1.29 is 14.3 Å². The van der Waals surface area contributed by atoms with Crippen LogP contribution in [0.15, 0.2) is 18.2 Å². The summed E-state index contributed by atoms with van der Waals surface area (Å²) >= 11 is 0. The van der Waals surface area contributed by atoms with Crippen molar-refractivity contribution in [3.05, 3.63) is 23.8 Å². The van der Waals surface area contributed by atoms with Gasteiger partial charge in [0.15, 0.2) is 0 Å². The number of hydrogen-bond acceptors (Lipinski definition) is 5. The average Bonchev–Trinajstić information content (AvgIpc) is 2.55. The number of carbonyl (C=O) groups is 2. The summed E-state index contributed by atoms with van der Waals surface area (Å²) in [6.07, 6.45) is 1.00. The van der Waals surface area contributed by atoms with Crippen LogP contribution in [0.25, 0.3) is 0 Å². The zero-order valence-electron chi connectivity index (χ0n) is 16.0. The molecule has 0 fully saturated rings. The summed E-state index contributed by atoms with van der Waals surface area (Å²) in [6, 6.07) is 6.94. The molecule has 1 aromatic rings. The summed E-state index contributed by atoms with van der Waals surface area (Å²) in [5.41, 5.74) is 6.90. The lowest BCUT2D eigenvalue weighted by Gasteiger charge is -2.24. The predicted octanol–water partition coefficient (Wildman–Crippen LogP) is 3.19. The van der Waals surface area contributed by atoms with E-state index in [0.29, 0.717) is 36.4 Å². The molecule has 0 aliphatic heterocycles. The van der Waals surface area contributed by atoms with E-state index < -0.39 is 11.7 Å². The molecule has 0 spiro atoms. The van der Waals surface area contributed by atoms with Gasteiger partial charge in [-0.15, -0.1) is 0 Å². The van der Waals surface area contributed by atoms with Crippen molar-refractivity contribution in [2.45, 2.75) is 52.6 Å². The molecule has 2 amide bonds. The van der Waals surface area contributed by atoms with Gasteiger partial charge < -0.3 is 20.7 Å². The summed E-state index contributed by atoms with van der Waals surface area (Å²) in [5.74, 6) is -0.0976. The van der Waals surface area contributed by atoms with Gasteiger partial charge in [-0.25, -0.2) is 4.79 Å². The predicted molar refractivity (Wildman–Crippen MR) is 102 cm³/mol. The van der Waals surface area contributed by atoms with Gasteiger partial charge in [0.25, 0.3) is 0 Å². The van der Waals surface area contributed by atoms with E-state index in [0.717, 1.165) is 6.42 Å². The zero-order chi connectivity index (χ0) is 19.7. The monoisotopic (exact) mass is 360 g/mol. The highest BCUT2D eigenvalue weighted by molar-refractivity contribution is 5.96. The topological polar surface area (TPSA) is 108 Å². The van der Waals surface area contributed by atoms with Crippen molar-refractivity contribution in [1.29, 1.82) is 5.26 Å². The van der Waals surface area contributed by atoms with Crippen LogP contribution in [0.4, 0.5) is 16.2 Å². The lowest BCUT2D eigenvalue weighted by atomic mass is 10.1. The summed E-state index contributed by atoms with van der Waals surface area (Å²) in [7, 11) is 0. The Balaban J connectivity index is 2.65. The molecule has 7 heteroatoms. The SMILES string of the molecule is CCCN(C(=O)CCCNC(=O)OC(C)(C)C)c1cc(C#N)ccc1N. The van der Waals surface area contributed by atoms with E-state index in [4.69, 9.17) is 15.7 Å². The summed E-state index contributed by atoms with van der Waals surface area (Å²) in [5, 5.41) is 11.7. The second kappa shape index (κ2) is 9.66. The van der Waals surface area contributed by atoms with Crippen LogP contribution < -0.4 is 16.0 Å². The summed E-state index contributed by atoms with van der Waals surface area (Å²) in [4.78, 5) is 25.8. The Bertz CT molecular complexity index is 674. The highest BCUT2D eigenvalue weighted by Crippen LogP contribution is 2.25. The largest absolute Gasteiger partial charge is 0.444 e. The second-order valence-corrected chi connectivity index (χ2v) is 6.96. The molecule has 26 heavy (non-hydrogen) atoms. The van der Waals surface area contributed by atoms with Gasteiger partial charge >= 0.3 is 6.09 Å². The maximum Gasteiger partial charge on any atom is 0.407 e. The molecular weight excluding hydrogens is 332 g/mol. The van der Waals surface area contributed by atoms with Crippen LogP contribution in [0.3, 0.4) is 0 Å². The number of amides is 2. The number of nitriles is 1. The number of carbonyl (C=O) groups excluding carboxylic acids is 2. The number of hydrogen-bond donors (Lipinski definition) is 2. The van der Waals surface area contributed by atoms with Crippen LogP contribution in [-0.2, 0) is 9.53 Å². The van der Waals surface area contributed by atoms with E-state index in [-0.39, 0.29) is 12.3 Å². The smallest absolute Gasteiger partial charge is 0.407 e. The fraction of sp³-hybridized carbons (Fsp3) is 0.526. The molecule has 0 aromatic heterocycles. The van der Waals surface area contributed by atoms with Crippen molar-refractivity contribution in [1.82, 2.24) is 5.32 Å². The Morgan fingerprint density at radius 3 is 2.62 bits per heavy atom. The van der Waals surface area contributed by atoms with Gasteiger partial charge in [0.05, 0.1) is 23.0 Å². The molecule has 1 rings (SSSR count). The molecule has 0 unspecified atom stereocenters. The molecule has 0 heterocycles. The molecule has 0 atom stereocenters. The van der Waals surface area contributed by atoms with Crippen molar-refractivity contribution in [2.24, 2.45) is 0 Å². The third-order valence-corrected chi connectivity index (χ3v) is 3.43. The van der Waals surface area contributed by atoms with Crippen molar-refractivity contribution in [3.63, 3.8) is 0 Å². The number of alkyl carbamates (subject to hydrolysis) is 1. The molecule has 0 saturated heterocycles. The Hall–Kier alpha value is -2.75. The number of nitrogens with two attached hydrogens (primary N) is 1. The fourth-order valence-electron chi connectivity index (χ4n) is 2.33. The summed E-state index contributed by atoms with van der Waals surface area (Å²) < 4.78 is 5.15. The Morgan fingerprint density at radius 1 is 1.35 bits per heavy atom. The van der Waals surface area contributed by atoms with E-state index in [1.54, 1.807) is 43.9 Å². The van der Waals surface area contributed by atoms with Crippen LogP contribution in [0, 0.1) is 11.3 Å². The van der Waals surface area contributed by atoms with Gasteiger partial charge in [-0.1, -0.05) is 6.92 Å². The quantitative estimate of drug-likeness (QED) is 0.573.